The van der Waals surface area contributed by atoms with Crippen molar-refractivity contribution in [2.75, 3.05) is 19.7 Å². The van der Waals surface area contributed by atoms with E-state index in [1.54, 1.807) is 25.1 Å². The summed E-state index contributed by atoms with van der Waals surface area (Å²) in [4.78, 5) is 14.3. The van der Waals surface area contributed by atoms with Crippen LogP contribution in [0.1, 0.15) is 35.7 Å². The number of ether oxygens (including phenoxy) is 1. The Morgan fingerprint density at radius 2 is 2.32 bits per heavy atom. The summed E-state index contributed by atoms with van der Waals surface area (Å²) in [7, 11) is 0. The summed E-state index contributed by atoms with van der Waals surface area (Å²) < 4.78 is 5.61. The topological polar surface area (TPSA) is 49.8 Å². The van der Waals surface area contributed by atoms with Gasteiger partial charge >= 0.3 is 0 Å². The Bertz CT molecular complexity index is 457. The third-order valence-electron chi connectivity index (χ3n) is 3.60. The third kappa shape index (κ3) is 3.07. The molecule has 1 aromatic rings. The Balaban J connectivity index is 2.12. The first-order valence-electron chi connectivity index (χ1n) is 6.83. The molecule has 0 bridgehead atoms. The summed E-state index contributed by atoms with van der Waals surface area (Å²) >= 11 is 0. The van der Waals surface area contributed by atoms with E-state index < -0.39 is 0 Å². The van der Waals surface area contributed by atoms with Gasteiger partial charge in [-0.2, -0.15) is 0 Å². The number of carbonyl (C=O) groups excluding carboxylic acids is 1. The van der Waals surface area contributed by atoms with Gasteiger partial charge in [0.05, 0.1) is 6.10 Å². The highest BCUT2D eigenvalue weighted by Crippen LogP contribution is 2.23. The number of aromatic hydroxyl groups is 1. The summed E-state index contributed by atoms with van der Waals surface area (Å²) in [5.41, 5.74) is 1.23. The van der Waals surface area contributed by atoms with Crippen molar-refractivity contribution in [3.05, 3.63) is 29.3 Å². The van der Waals surface area contributed by atoms with Crippen LogP contribution in [0.3, 0.4) is 0 Å². The van der Waals surface area contributed by atoms with Gasteiger partial charge in [0.2, 0.25) is 0 Å². The fraction of sp³-hybridized carbons (Fsp3) is 0.533. The molecule has 1 atom stereocenters. The molecule has 0 radical (unpaired) electrons. The monoisotopic (exact) mass is 263 g/mol. The van der Waals surface area contributed by atoms with Crippen molar-refractivity contribution < 1.29 is 14.6 Å². The maximum absolute atomic E-state index is 12.5. The molecule has 1 fully saturated rings. The number of amides is 1. The van der Waals surface area contributed by atoms with Gasteiger partial charge in [-0.25, -0.2) is 0 Å². The van der Waals surface area contributed by atoms with Crippen LogP contribution < -0.4 is 0 Å². The molecule has 1 amide bonds. The maximum atomic E-state index is 12.5. The van der Waals surface area contributed by atoms with Crippen LogP contribution in [-0.4, -0.2) is 41.7 Å². The normalized spacial score (nSPS) is 19.5. The first kappa shape index (κ1) is 13.9. The third-order valence-corrected chi connectivity index (χ3v) is 3.60. The van der Waals surface area contributed by atoms with Crippen LogP contribution in [0.2, 0.25) is 0 Å². The molecule has 1 aliphatic rings. The first-order valence-corrected chi connectivity index (χ1v) is 6.83. The van der Waals surface area contributed by atoms with E-state index in [9.17, 15) is 9.90 Å². The van der Waals surface area contributed by atoms with E-state index in [2.05, 4.69) is 0 Å². The van der Waals surface area contributed by atoms with Crippen LogP contribution in [0, 0.1) is 6.92 Å². The minimum absolute atomic E-state index is 0.0159. The smallest absolute Gasteiger partial charge is 0.254 e. The summed E-state index contributed by atoms with van der Waals surface area (Å²) in [5.74, 6) is 0.155. The number of phenols is 1. The van der Waals surface area contributed by atoms with Crippen molar-refractivity contribution >= 4 is 5.91 Å². The highest BCUT2D eigenvalue weighted by Gasteiger charge is 2.25. The number of likely N-dealkylation sites (tertiary alicyclic amines) is 1. The van der Waals surface area contributed by atoms with Crippen LogP contribution in [0.4, 0.5) is 0 Å². The van der Waals surface area contributed by atoms with E-state index in [0.717, 1.165) is 19.4 Å². The first-order chi connectivity index (χ1) is 9.13. The lowest BCUT2D eigenvalue weighted by molar-refractivity contribution is 0.00720. The zero-order valence-corrected chi connectivity index (χ0v) is 11.6. The molecular formula is C15H21NO3. The number of carbonyl (C=O) groups is 1. The van der Waals surface area contributed by atoms with Gasteiger partial charge in [-0.3, -0.25) is 4.79 Å². The molecule has 104 valence electrons. The van der Waals surface area contributed by atoms with E-state index in [1.807, 2.05) is 11.8 Å². The van der Waals surface area contributed by atoms with Crippen LogP contribution in [0.25, 0.3) is 0 Å². The van der Waals surface area contributed by atoms with E-state index in [4.69, 9.17) is 4.74 Å². The fourth-order valence-corrected chi connectivity index (χ4v) is 2.52. The van der Waals surface area contributed by atoms with Crippen molar-refractivity contribution in [2.45, 2.75) is 32.8 Å². The van der Waals surface area contributed by atoms with E-state index >= 15 is 0 Å². The molecule has 4 heteroatoms. The average Bonchev–Trinajstić information content (AvgIpc) is 2.42. The predicted molar refractivity (Wildman–Crippen MR) is 73.4 cm³/mol. The Labute approximate surface area is 114 Å². The number of piperidine rings is 1. The lowest BCUT2D eigenvalue weighted by Gasteiger charge is -2.32. The molecule has 2 rings (SSSR count). The molecule has 1 N–H and O–H groups in total. The van der Waals surface area contributed by atoms with Gasteiger partial charge in [0.25, 0.3) is 5.91 Å². The maximum Gasteiger partial charge on any atom is 0.254 e. The molecule has 19 heavy (non-hydrogen) atoms. The molecule has 1 saturated heterocycles. The van der Waals surface area contributed by atoms with Crippen molar-refractivity contribution in [2.24, 2.45) is 0 Å². The molecule has 1 heterocycles. The summed E-state index contributed by atoms with van der Waals surface area (Å²) in [6, 6.07) is 5.08. The number of hydrogen-bond acceptors (Lipinski definition) is 3. The Morgan fingerprint density at radius 1 is 1.53 bits per heavy atom. The van der Waals surface area contributed by atoms with Gasteiger partial charge in [0, 0.05) is 30.8 Å². The summed E-state index contributed by atoms with van der Waals surface area (Å²) in [6.45, 7) is 5.82. The standard InChI is InChI=1S/C15H21NO3/c1-3-19-12-6-5-9-16(10-12)15(18)13-7-4-8-14(17)11(13)2/h4,7-8,12,17H,3,5-6,9-10H2,1-2H3. The lowest BCUT2D eigenvalue weighted by atomic mass is 10.0. The second-order valence-electron chi connectivity index (χ2n) is 4.92. The minimum Gasteiger partial charge on any atom is -0.508 e. The zero-order chi connectivity index (χ0) is 13.8. The molecule has 0 spiro atoms. The number of rotatable bonds is 3. The van der Waals surface area contributed by atoms with Gasteiger partial charge < -0.3 is 14.7 Å². The van der Waals surface area contributed by atoms with Crippen LogP contribution in [0.5, 0.6) is 5.75 Å². The summed E-state index contributed by atoms with van der Waals surface area (Å²) in [6.07, 6.45) is 2.12. The highest BCUT2D eigenvalue weighted by molar-refractivity contribution is 5.96. The number of phenolic OH excluding ortho intramolecular Hbond substituents is 1. The Hall–Kier alpha value is -1.55. The fourth-order valence-electron chi connectivity index (χ4n) is 2.52. The molecule has 0 aromatic heterocycles. The molecule has 1 unspecified atom stereocenters. The lowest BCUT2D eigenvalue weighted by Crippen LogP contribution is -2.43. The van der Waals surface area contributed by atoms with Crippen LogP contribution in [0.15, 0.2) is 18.2 Å². The quantitative estimate of drug-likeness (QED) is 0.910. The number of benzene rings is 1. The van der Waals surface area contributed by atoms with Crippen LogP contribution in [-0.2, 0) is 4.74 Å². The van der Waals surface area contributed by atoms with Crippen LogP contribution >= 0.6 is 0 Å². The number of nitrogens with zero attached hydrogens (tertiary/aromatic N) is 1. The second kappa shape index (κ2) is 6.06. The number of hydrogen-bond donors (Lipinski definition) is 1. The Morgan fingerprint density at radius 3 is 3.05 bits per heavy atom. The molecule has 4 nitrogen and oxygen atoms in total. The molecule has 0 saturated carbocycles. The highest BCUT2D eigenvalue weighted by atomic mass is 16.5. The van der Waals surface area contributed by atoms with Gasteiger partial charge in [0.1, 0.15) is 5.75 Å². The van der Waals surface area contributed by atoms with Crippen molar-refractivity contribution in [1.82, 2.24) is 4.90 Å². The molecular weight excluding hydrogens is 242 g/mol. The average molecular weight is 263 g/mol. The molecule has 1 aliphatic heterocycles. The largest absolute Gasteiger partial charge is 0.508 e. The van der Waals surface area contributed by atoms with Gasteiger partial charge in [-0.1, -0.05) is 6.07 Å². The second-order valence-corrected chi connectivity index (χ2v) is 4.92. The van der Waals surface area contributed by atoms with Gasteiger partial charge in [-0.05, 0) is 38.8 Å². The van der Waals surface area contributed by atoms with E-state index in [0.29, 0.717) is 24.3 Å². The van der Waals surface area contributed by atoms with Crippen molar-refractivity contribution in [3.63, 3.8) is 0 Å². The minimum atomic E-state index is -0.0159. The SMILES string of the molecule is CCOC1CCCN(C(=O)c2cccc(O)c2C)C1. The van der Waals surface area contributed by atoms with Crippen molar-refractivity contribution in [1.29, 1.82) is 0 Å². The summed E-state index contributed by atoms with van der Waals surface area (Å²) in [5, 5.41) is 9.69. The van der Waals surface area contributed by atoms with E-state index in [1.165, 1.54) is 0 Å². The van der Waals surface area contributed by atoms with Gasteiger partial charge in [0.15, 0.2) is 0 Å². The van der Waals surface area contributed by atoms with Crippen molar-refractivity contribution in [3.8, 4) is 5.75 Å². The predicted octanol–water partition coefficient (Wildman–Crippen LogP) is 2.34. The van der Waals surface area contributed by atoms with E-state index in [-0.39, 0.29) is 17.8 Å². The molecule has 0 aliphatic carbocycles. The molecule has 1 aromatic carbocycles. The van der Waals surface area contributed by atoms with Gasteiger partial charge in [-0.15, -0.1) is 0 Å². The zero-order valence-electron chi connectivity index (χ0n) is 11.6. The Kier molecular flexibility index (Phi) is 4.43.